The van der Waals surface area contributed by atoms with Crippen molar-refractivity contribution in [1.29, 1.82) is 0 Å². The second kappa shape index (κ2) is 6.80. The summed E-state index contributed by atoms with van der Waals surface area (Å²) in [5, 5.41) is 11.9. The van der Waals surface area contributed by atoms with Crippen molar-refractivity contribution < 1.29 is 9.52 Å². The SMILES string of the molecule is Oc1ccc2oc(-c3cccc(Cl)c3)c(C#Cc3cccc(Cl)c3)c2c1. The van der Waals surface area contributed by atoms with Crippen molar-refractivity contribution in [3.05, 3.63) is 87.9 Å². The standard InChI is InChI=1S/C22H12Cl2O2/c23-16-5-1-3-14(11-16)7-9-19-20-13-18(25)8-10-21(20)26-22(19)15-4-2-6-17(24)12-15/h1-6,8,10-13,25H. The van der Waals surface area contributed by atoms with Gasteiger partial charge in [-0.2, -0.15) is 0 Å². The van der Waals surface area contributed by atoms with Gasteiger partial charge in [-0.15, -0.1) is 0 Å². The van der Waals surface area contributed by atoms with E-state index in [0.29, 0.717) is 27.0 Å². The van der Waals surface area contributed by atoms with Crippen LogP contribution in [0.15, 0.2) is 71.1 Å². The van der Waals surface area contributed by atoms with Crippen molar-refractivity contribution in [2.75, 3.05) is 0 Å². The molecule has 26 heavy (non-hydrogen) atoms. The van der Waals surface area contributed by atoms with E-state index in [1.807, 2.05) is 30.3 Å². The first-order valence-corrected chi connectivity index (χ1v) is 8.65. The molecule has 3 aromatic carbocycles. The molecule has 0 unspecified atom stereocenters. The molecule has 0 spiro atoms. The molecule has 0 aliphatic rings. The highest BCUT2D eigenvalue weighted by Crippen LogP contribution is 2.35. The van der Waals surface area contributed by atoms with E-state index in [9.17, 15) is 5.11 Å². The minimum absolute atomic E-state index is 0.154. The molecule has 0 atom stereocenters. The summed E-state index contributed by atoms with van der Waals surface area (Å²) in [6.45, 7) is 0. The van der Waals surface area contributed by atoms with Crippen molar-refractivity contribution in [1.82, 2.24) is 0 Å². The monoisotopic (exact) mass is 378 g/mol. The number of furan rings is 1. The Morgan fingerprint density at radius 3 is 2.35 bits per heavy atom. The molecule has 4 rings (SSSR count). The lowest BCUT2D eigenvalue weighted by atomic mass is 10.1. The lowest BCUT2D eigenvalue weighted by Gasteiger charge is -1.99. The molecule has 0 aliphatic heterocycles. The predicted molar refractivity (Wildman–Crippen MR) is 106 cm³/mol. The second-order valence-corrected chi connectivity index (χ2v) is 6.63. The van der Waals surface area contributed by atoms with Crippen LogP contribution in [0.1, 0.15) is 11.1 Å². The minimum atomic E-state index is 0.154. The molecule has 4 aromatic rings. The van der Waals surface area contributed by atoms with Crippen LogP contribution in [0, 0.1) is 11.8 Å². The van der Waals surface area contributed by atoms with Crippen LogP contribution in [0.3, 0.4) is 0 Å². The smallest absolute Gasteiger partial charge is 0.151 e. The number of phenols is 1. The van der Waals surface area contributed by atoms with E-state index in [1.165, 1.54) is 0 Å². The maximum atomic E-state index is 9.87. The van der Waals surface area contributed by atoms with Gasteiger partial charge in [0.1, 0.15) is 11.3 Å². The third kappa shape index (κ3) is 3.28. The fraction of sp³-hybridized carbons (Fsp3) is 0. The zero-order valence-corrected chi connectivity index (χ0v) is 15.0. The normalized spacial score (nSPS) is 10.5. The van der Waals surface area contributed by atoms with Crippen LogP contribution in [0.4, 0.5) is 0 Å². The summed E-state index contributed by atoms with van der Waals surface area (Å²) >= 11 is 12.2. The van der Waals surface area contributed by atoms with E-state index >= 15 is 0 Å². The molecule has 4 heteroatoms. The van der Waals surface area contributed by atoms with Crippen molar-refractivity contribution in [2.45, 2.75) is 0 Å². The maximum Gasteiger partial charge on any atom is 0.151 e. The number of halogens is 2. The third-order valence-corrected chi connectivity index (χ3v) is 4.39. The molecule has 0 saturated heterocycles. The molecule has 2 nitrogen and oxygen atoms in total. The lowest BCUT2D eigenvalue weighted by Crippen LogP contribution is -1.81. The Hall–Kier alpha value is -2.86. The van der Waals surface area contributed by atoms with Gasteiger partial charge in [0.15, 0.2) is 5.76 Å². The summed E-state index contributed by atoms with van der Waals surface area (Å²) in [5.74, 6) is 7.05. The van der Waals surface area contributed by atoms with Crippen molar-refractivity contribution in [2.24, 2.45) is 0 Å². The molecule has 0 fully saturated rings. The van der Waals surface area contributed by atoms with Crippen molar-refractivity contribution >= 4 is 34.2 Å². The minimum Gasteiger partial charge on any atom is -0.508 e. The fourth-order valence-corrected chi connectivity index (χ4v) is 3.12. The Kier molecular flexibility index (Phi) is 4.34. The summed E-state index contributed by atoms with van der Waals surface area (Å²) in [7, 11) is 0. The maximum absolute atomic E-state index is 9.87. The van der Waals surface area contributed by atoms with Gasteiger partial charge in [-0.25, -0.2) is 0 Å². The van der Waals surface area contributed by atoms with Crippen LogP contribution in [0.2, 0.25) is 10.0 Å². The Labute approximate surface area is 160 Å². The van der Waals surface area contributed by atoms with E-state index in [0.717, 1.165) is 16.5 Å². The lowest BCUT2D eigenvalue weighted by molar-refractivity contribution is 0.476. The van der Waals surface area contributed by atoms with E-state index in [4.69, 9.17) is 27.6 Å². The molecule has 0 bridgehead atoms. The van der Waals surface area contributed by atoms with Gasteiger partial charge in [0.2, 0.25) is 0 Å². The molecular weight excluding hydrogens is 367 g/mol. The zero-order valence-electron chi connectivity index (χ0n) is 13.5. The molecule has 0 radical (unpaired) electrons. The molecule has 0 aliphatic carbocycles. The van der Waals surface area contributed by atoms with Gasteiger partial charge in [-0.1, -0.05) is 53.2 Å². The van der Waals surface area contributed by atoms with E-state index < -0.39 is 0 Å². The summed E-state index contributed by atoms with van der Waals surface area (Å²) in [6, 6.07) is 19.7. The molecule has 1 heterocycles. The van der Waals surface area contributed by atoms with Crippen LogP contribution in [0.25, 0.3) is 22.3 Å². The number of benzene rings is 3. The van der Waals surface area contributed by atoms with Crippen LogP contribution in [-0.4, -0.2) is 5.11 Å². The Morgan fingerprint density at radius 2 is 1.58 bits per heavy atom. The summed E-state index contributed by atoms with van der Waals surface area (Å²) in [4.78, 5) is 0. The number of phenolic OH excluding ortho intramolecular Hbond substituents is 1. The quantitative estimate of drug-likeness (QED) is 0.383. The number of fused-ring (bicyclic) bond motifs is 1. The third-order valence-electron chi connectivity index (χ3n) is 3.91. The number of aromatic hydroxyl groups is 1. The highest BCUT2D eigenvalue weighted by Gasteiger charge is 2.15. The van der Waals surface area contributed by atoms with Gasteiger partial charge < -0.3 is 9.52 Å². The van der Waals surface area contributed by atoms with Gasteiger partial charge in [0.05, 0.1) is 5.56 Å². The van der Waals surface area contributed by atoms with Crippen LogP contribution < -0.4 is 0 Å². The first-order valence-electron chi connectivity index (χ1n) is 7.89. The zero-order chi connectivity index (χ0) is 18.1. The molecule has 1 N–H and O–H groups in total. The first-order chi connectivity index (χ1) is 12.6. The van der Waals surface area contributed by atoms with Gasteiger partial charge in [-0.3, -0.25) is 0 Å². The van der Waals surface area contributed by atoms with Crippen LogP contribution in [-0.2, 0) is 0 Å². The summed E-state index contributed by atoms with van der Waals surface area (Å²) in [5.41, 5.74) is 2.96. The molecular formula is C22H12Cl2O2. The second-order valence-electron chi connectivity index (χ2n) is 5.76. The highest BCUT2D eigenvalue weighted by atomic mass is 35.5. The molecule has 1 aromatic heterocycles. The first kappa shape index (κ1) is 16.6. The Balaban J connectivity index is 1.94. The van der Waals surface area contributed by atoms with Crippen LogP contribution >= 0.6 is 23.2 Å². The summed E-state index contributed by atoms with van der Waals surface area (Å²) in [6.07, 6.45) is 0. The molecule has 0 saturated carbocycles. The molecule has 0 amide bonds. The fourth-order valence-electron chi connectivity index (χ4n) is 2.74. The van der Waals surface area contributed by atoms with E-state index in [-0.39, 0.29) is 5.75 Å². The van der Waals surface area contributed by atoms with Crippen molar-refractivity contribution in [3.8, 4) is 28.9 Å². The van der Waals surface area contributed by atoms with Gasteiger partial charge in [-0.05, 0) is 48.5 Å². The highest BCUT2D eigenvalue weighted by molar-refractivity contribution is 6.31. The topological polar surface area (TPSA) is 33.4 Å². The van der Waals surface area contributed by atoms with Gasteiger partial charge in [0, 0.05) is 26.6 Å². The van der Waals surface area contributed by atoms with E-state index in [1.54, 1.807) is 36.4 Å². The Bertz CT molecular complexity index is 1180. The number of hydrogen-bond acceptors (Lipinski definition) is 2. The predicted octanol–water partition coefficient (Wildman–Crippen LogP) is 6.51. The van der Waals surface area contributed by atoms with Gasteiger partial charge in [0.25, 0.3) is 0 Å². The molecule has 126 valence electrons. The number of rotatable bonds is 1. The Morgan fingerprint density at radius 1 is 0.808 bits per heavy atom. The average molecular weight is 379 g/mol. The van der Waals surface area contributed by atoms with Crippen molar-refractivity contribution in [3.63, 3.8) is 0 Å². The van der Waals surface area contributed by atoms with E-state index in [2.05, 4.69) is 11.8 Å². The van der Waals surface area contributed by atoms with Crippen LogP contribution in [0.5, 0.6) is 5.75 Å². The summed E-state index contributed by atoms with van der Waals surface area (Å²) < 4.78 is 6.01. The van der Waals surface area contributed by atoms with Gasteiger partial charge >= 0.3 is 0 Å². The number of hydrogen-bond donors (Lipinski definition) is 1. The largest absolute Gasteiger partial charge is 0.508 e. The average Bonchev–Trinajstić information content (AvgIpc) is 2.98.